The molecule has 0 spiro atoms. The highest BCUT2D eigenvalue weighted by atomic mass is 32.1. The van der Waals surface area contributed by atoms with Gasteiger partial charge in [0.2, 0.25) is 0 Å². The highest BCUT2D eigenvalue weighted by Gasteiger charge is 2.13. The van der Waals surface area contributed by atoms with E-state index in [1.165, 1.54) is 20.2 Å². The van der Waals surface area contributed by atoms with Crippen molar-refractivity contribution in [1.82, 2.24) is 0 Å². The summed E-state index contributed by atoms with van der Waals surface area (Å²) >= 11 is 3.59. The minimum Gasteiger partial charge on any atom is -0.320 e. The van der Waals surface area contributed by atoms with Crippen LogP contribution in [0.25, 0.3) is 0 Å². The van der Waals surface area contributed by atoms with E-state index in [0.29, 0.717) is 0 Å². The lowest BCUT2D eigenvalue weighted by Crippen LogP contribution is -2.09. The summed E-state index contributed by atoms with van der Waals surface area (Å²) in [6.45, 7) is 4.31. The van der Waals surface area contributed by atoms with E-state index in [1.807, 2.05) is 11.3 Å². The number of hydrogen-bond donors (Lipinski definition) is 1. The fourth-order valence-corrected chi connectivity index (χ4v) is 3.35. The average Bonchev–Trinajstić information content (AvgIpc) is 2.84. The molecule has 0 amide bonds. The Labute approximate surface area is 98.6 Å². The van der Waals surface area contributed by atoms with Gasteiger partial charge in [-0.25, -0.2) is 0 Å². The standard InChI is InChI=1S/C12H15NS2/c1-3-9-4-5-11(15-9)12(13)10-6-7-14-8(10)2/h4-7,12H,3,13H2,1-2H3. The zero-order valence-electron chi connectivity index (χ0n) is 8.99. The molecular formula is C12H15NS2. The third-order valence-corrected chi connectivity index (χ3v) is 4.75. The number of nitrogens with two attached hydrogens (primary N) is 1. The van der Waals surface area contributed by atoms with Gasteiger partial charge >= 0.3 is 0 Å². The molecule has 80 valence electrons. The van der Waals surface area contributed by atoms with E-state index in [1.54, 1.807) is 11.3 Å². The second-order valence-electron chi connectivity index (χ2n) is 3.57. The quantitative estimate of drug-likeness (QED) is 0.865. The van der Waals surface area contributed by atoms with Crippen LogP contribution in [0.4, 0.5) is 0 Å². The molecule has 1 unspecified atom stereocenters. The third kappa shape index (κ3) is 2.14. The molecule has 2 N–H and O–H groups in total. The zero-order chi connectivity index (χ0) is 10.8. The Kier molecular flexibility index (Phi) is 3.24. The van der Waals surface area contributed by atoms with Crippen LogP contribution in [-0.4, -0.2) is 0 Å². The van der Waals surface area contributed by atoms with E-state index in [0.717, 1.165) is 6.42 Å². The number of aryl methyl sites for hydroxylation is 2. The van der Waals surface area contributed by atoms with Gasteiger partial charge in [-0.2, -0.15) is 0 Å². The minimum atomic E-state index is 0.0570. The van der Waals surface area contributed by atoms with E-state index >= 15 is 0 Å². The fraction of sp³-hybridized carbons (Fsp3) is 0.333. The molecule has 0 radical (unpaired) electrons. The highest BCUT2D eigenvalue weighted by molar-refractivity contribution is 7.12. The summed E-state index contributed by atoms with van der Waals surface area (Å²) in [4.78, 5) is 4.01. The van der Waals surface area contributed by atoms with Gasteiger partial charge in [0.1, 0.15) is 0 Å². The van der Waals surface area contributed by atoms with Crippen LogP contribution in [-0.2, 0) is 6.42 Å². The van der Waals surface area contributed by atoms with Crippen molar-refractivity contribution in [3.05, 3.63) is 43.8 Å². The molecule has 0 saturated carbocycles. The van der Waals surface area contributed by atoms with E-state index in [2.05, 4.69) is 37.4 Å². The second-order valence-corrected chi connectivity index (χ2v) is 5.89. The fourth-order valence-electron chi connectivity index (χ4n) is 1.62. The van der Waals surface area contributed by atoms with Crippen LogP contribution in [0.15, 0.2) is 23.6 Å². The first-order valence-corrected chi connectivity index (χ1v) is 6.80. The van der Waals surface area contributed by atoms with Crippen molar-refractivity contribution in [1.29, 1.82) is 0 Å². The van der Waals surface area contributed by atoms with E-state index < -0.39 is 0 Å². The van der Waals surface area contributed by atoms with Gasteiger partial charge in [-0.15, -0.1) is 22.7 Å². The molecule has 0 aliphatic carbocycles. The van der Waals surface area contributed by atoms with Gasteiger partial charge in [-0.1, -0.05) is 6.92 Å². The maximum atomic E-state index is 6.25. The summed E-state index contributed by atoms with van der Waals surface area (Å²) in [7, 11) is 0. The van der Waals surface area contributed by atoms with Crippen molar-refractivity contribution in [3.63, 3.8) is 0 Å². The normalized spacial score (nSPS) is 13.0. The predicted octanol–water partition coefficient (Wildman–Crippen LogP) is 3.73. The summed E-state index contributed by atoms with van der Waals surface area (Å²) in [6.07, 6.45) is 1.10. The molecule has 2 rings (SSSR count). The topological polar surface area (TPSA) is 26.0 Å². The van der Waals surface area contributed by atoms with Gasteiger partial charge in [0.25, 0.3) is 0 Å². The van der Waals surface area contributed by atoms with Crippen molar-refractivity contribution in [2.45, 2.75) is 26.3 Å². The number of hydrogen-bond acceptors (Lipinski definition) is 3. The molecule has 1 nitrogen and oxygen atoms in total. The van der Waals surface area contributed by atoms with Gasteiger partial charge in [0.05, 0.1) is 6.04 Å². The van der Waals surface area contributed by atoms with Crippen molar-refractivity contribution < 1.29 is 0 Å². The van der Waals surface area contributed by atoms with Crippen LogP contribution in [0.5, 0.6) is 0 Å². The Bertz CT molecular complexity index is 442. The zero-order valence-corrected chi connectivity index (χ0v) is 10.6. The van der Waals surface area contributed by atoms with Gasteiger partial charge in [-0.05, 0) is 42.5 Å². The first-order valence-electron chi connectivity index (χ1n) is 5.10. The molecule has 0 saturated heterocycles. The van der Waals surface area contributed by atoms with Crippen LogP contribution in [0.3, 0.4) is 0 Å². The minimum absolute atomic E-state index is 0.0570. The summed E-state index contributed by atoms with van der Waals surface area (Å²) in [5, 5.41) is 2.11. The van der Waals surface area contributed by atoms with E-state index in [4.69, 9.17) is 5.73 Å². The number of thiophene rings is 2. The molecule has 2 aromatic heterocycles. The van der Waals surface area contributed by atoms with Crippen LogP contribution in [0.1, 0.15) is 33.2 Å². The summed E-state index contributed by atoms with van der Waals surface area (Å²) in [5.74, 6) is 0. The Morgan fingerprint density at radius 3 is 2.67 bits per heavy atom. The summed E-state index contributed by atoms with van der Waals surface area (Å²) < 4.78 is 0. The first-order chi connectivity index (χ1) is 7.22. The summed E-state index contributed by atoms with van der Waals surface area (Å²) in [6, 6.07) is 6.53. The van der Waals surface area contributed by atoms with Crippen molar-refractivity contribution in [3.8, 4) is 0 Å². The van der Waals surface area contributed by atoms with Crippen molar-refractivity contribution >= 4 is 22.7 Å². The van der Waals surface area contributed by atoms with Crippen LogP contribution in [0, 0.1) is 6.92 Å². The largest absolute Gasteiger partial charge is 0.320 e. The molecule has 0 fully saturated rings. The molecule has 0 aliphatic rings. The molecule has 0 aliphatic heterocycles. The summed E-state index contributed by atoms with van der Waals surface area (Å²) in [5.41, 5.74) is 7.51. The molecule has 1 atom stereocenters. The third-order valence-electron chi connectivity index (χ3n) is 2.57. The van der Waals surface area contributed by atoms with E-state index in [-0.39, 0.29) is 6.04 Å². The van der Waals surface area contributed by atoms with Gasteiger partial charge in [0, 0.05) is 14.6 Å². The predicted molar refractivity (Wildman–Crippen MR) is 68.8 cm³/mol. The molecule has 0 aromatic carbocycles. The lowest BCUT2D eigenvalue weighted by atomic mass is 10.1. The molecule has 0 bridgehead atoms. The maximum absolute atomic E-state index is 6.25. The second kappa shape index (κ2) is 4.47. The highest BCUT2D eigenvalue weighted by Crippen LogP contribution is 2.30. The SMILES string of the molecule is CCc1ccc(C(N)c2ccsc2C)s1. The number of rotatable bonds is 3. The lowest BCUT2D eigenvalue weighted by molar-refractivity contribution is 0.891. The molecule has 3 heteroatoms. The van der Waals surface area contributed by atoms with Gasteiger partial charge in [0.15, 0.2) is 0 Å². The van der Waals surface area contributed by atoms with Crippen LogP contribution in [0.2, 0.25) is 0 Å². The van der Waals surface area contributed by atoms with Gasteiger partial charge < -0.3 is 5.73 Å². The Morgan fingerprint density at radius 1 is 1.33 bits per heavy atom. The first kappa shape index (κ1) is 10.9. The Morgan fingerprint density at radius 2 is 2.13 bits per heavy atom. The van der Waals surface area contributed by atoms with E-state index in [9.17, 15) is 0 Å². The Hall–Kier alpha value is -0.640. The Balaban J connectivity index is 2.28. The molecular weight excluding hydrogens is 222 g/mol. The molecule has 2 aromatic rings. The average molecular weight is 237 g/mol. The van der Waals surface area contributed by atoms with Gasteiger partial charge in [-0.3, -0.25) is 0 Å². The van der Waals surface area contributed by atoms with Crippen LogP contribution < -0.4 is 5.73 Å². The van der Waals surface area contributed by atoms with Crippen molar-refractivity contribution in [2.75, 3.05) is 0 Å². The molecule has 2 heterocycles. The van der Waals surface area contributed by atoms with Crippen molar-refractivity contribution in [2.24, 2.45) is 5.73 Å². The monoisotopic (exact) mass is 237 g/mol. The smallest absolute Gasteiger partial charge is 0.0656 e. The maximum Gasteiger partial charge on any atom is 0.0656 e. The lowest BCUT2D eigenvalue weighted by Gasteiger charge is -2.08. The molecule has 15 heavy (non-hydrogen) atoms. The van der Waals surface area contributed by atoms with Crippen LogP contribution >= 0.6 is 22.7 Å².